The number of rotatable bonds is 6. The lowest BCUT2D eigenvalue weighted by atomic mass is 10.0. The number of carbonyl (C=O) groups is 1. The first-order chi connectivity index (χ1) is 12.8. The van der Waals surface area contributed by atoms with Gasteiger partial charge in [0.25, 0.3) is 0 Å². The molecular weight excluding hydrogens is 358 g/mol. The molecule has 1 amide bonds. The van der Waals surface area contributed by atoms with Gasteiger partial charge in [0.15, 0.2) is 11.5 Å². The summed E-state index contributed by atoms with van der Waals surface area (Å²) in [5, 5.41) is 0. The molecule has 1 aliphatic heterocycles. The van der Waals surface area contributed by atoms with Crippen molar-refractivity contribution in [3.8, 4) is 17.2 Å². The zero-order valence-electron chi connectivity index (χ0n) is 14.9. The second-order valence-electron chi connectivity index (χ2n) is 6.27. The Balaban J connectivity index is 1.79. The molecule has 0 aromatic heterocycles. The maximum absolute atomic E-state index is 12.7. The zero-order valence-corrected chi connectivity index (χ0v) is 14.9. The molecule has 27 heavy (non-hydrogen) atoms. The van der Waals surface area contributed by atoms with E-state index in [0.717, 1.165) is 5.56 Å². The number of nitrogens with zero attached hydrogens (tertiary/aromatic N) is 1. The van der Waals surface area contributed by atoms with Gasteiger partial charge in [-0.25, -0.2) is 0 Å². The third-order valence-corrected chi connectivity index (χ3v) is 4.26. The van der Waals surface area contributed by atoms with Crippen molar-refractivity contribution in [3.05, 3.63) is 53.1 Å². The van der Waals surface area contributed by atoms with Crippen LogP contribution in [0.1, 0.15) is 22.7 Å². The average molecular weight is 378 g/mol. The lowest BCUT2D eigenvalue weighted by Crippen LogP contribution is -2.35. The van der Waals surface area contributed by atoms with E-state index in [1.807, 2.05) is 19.1 Å². The molecule has 1 heterocycles. The van der Waals surface area contributed by atoms with Crippen molar-refractivity contribution in [2.24, 2.45) is 5.73 Å². The Morgan fingerprint density at radius 3 is 2.48 bits per heavy atom. The third-order valence-electron chi connectivity index (χ3n) is 4.26. The minimum atomic E-state index is -3.00. The van der Waals surface area contributed by atoms with Crippen LogP contribution in [0.15, 0.2) is 36.4 Å². The van der Waals surface area contributed by atoms with E-state index < -0.39 is 12.7 Å². The topological polar surface area (TPSA) is 74.0 Å². The van der Waals surface area contributed by atoms with Crippen molar-refractivity contribution in [2.75, 3.05) is 13.8 Å². The van der Waals surface area contributed by atoms with Gasteiger partial charge in [-0.15, -0.1) is 0 Å². The predicted molar refractivity (Wildman–Crippen MR) is 93.8 cm³/mol. The van der Waals surface area contributed by atoms with Gasteiger partial charge in [0.1, 0.15) is 11.8 Å². The van der Waals surface area contributed by atoms with Crippen molar-refractivity contribution in [2.45, 2.75) is 26.1 Å². The lowest BCUT2D eigenvalue weighted by molar-refractivity contribution is -0.132. The fourth-order valence-corrected chi connectivity index (χ4v) is 2.78. The Labute approximate surface area is 155 Å². The number of alkyl halides is 2. The fourth-order valence-electron chi connectivity index (χ4n) is 2.78. The summed E-state index contributed by atoms with van der Waals surface area (Å²) < 4.78 is 40.5. The van der Waals surface area contributed by atoms with E-state index in [0.29, 0.717) is 22.6 Å². The molecule has 0 saturated carbocycles. The van der Waals surface area contributed by atoms with Gasteiger partial charge in [-0.3, -0.25) is 4.79 Å². The highest BCUT2D eigenvalue weighted by Gasteiger charge is 2.24. The summed E-state index contributed by atoms with van der Waals surface area (Å²) in [7, 11) is 1.55. The number of nitrogens with two attached hydrogens (primary N) is 1. The Bertz CT molecular complexity index is 827. The van der Waals surface area contributed by atoms with Gasteiger partial charge >= 0.3 is 6.61 Å². The molecular formula is C19H20F2N2O4. The summed E-state index contributed by atoms with van der Waals surface area (Å²) in [6.07, 6.45) is 0. The third kappa shape index (κ3) is 4.28. The molecule has 6 nitrogen and oxygen atoms in total. The Morgan fingerprint density at radius 1 is 1.22 bits per heavy atom. The molecule has 2 aromatic rings. The van der Waals surface area contributed by atoms with Gasteiger partial charge in [-0.2, -0.15) is 8.78 Å². The van der Waals surface area contributed by atoms with E-state index >= 15 is 0 Å². The Morgan fingerprint density at radius 2 is 1.85 bits per heavy atom. The van der Waals surface area contributed by atoms with Crippen LogP contribution >= 0.6 is 0 Å². The van der Waals surface area contributed by atoms with Crippen LogP contribution in [0.3, 0.4) is 0 Å². The number of ether oxygens (including phenoxy) is 3. The van der Waals surface area contributed by atoms with E-state index in [1.165, 1.54) is 17.0 Å². The molecule has 1 aliphatic rings. The van der Waals surface area contributed by atoms with Crippen LogP contribution < -0.4 is 19.9 Å². The molecule has 0 bridgehead atoms. The van der Waals surface area contributed by atoms with Crippen LogP contribution in [0.25, 0.3) is 0 Å². The van der Waals surface area contributed by atoms with Crippen LogP contribution in [-0.2, 0) is 11.3 Å². The SMILES string of the molecule is Cc1ccc(C(N)C(=O)N(C)Cc2cc3c(cc2OC(F)F)OCO3)cc1. The normalized spacial score (nSPS) is 13.6. The number of aryl methyl sites for hydroxylation is 1. The lowest BCUT2D eigenvalue weighted by Gasteiger charge is -2.23. The van der Waals surface area contributed by atoms with Gasteiger partial charge in [0.05, 0.1) is 0 Å². The molecule has 0 aliphatic carbocycles. The van der Waals surface area contributed by atoms with E-state index in [4.69, 9.17) is 15.2 Å². The number of benzene rings is 2. The van der Waals surface area contributed by atoms with Crippen LogP contribution in [0, 0.1) is 6.92 Å². The smallest absolute Gasteiger partial charge is 0.387 e. The highest BCUT2D eigenvalue weighted by molar-refractivity contribution is 5.83. The summed E-state index contributed by atoms with van der Waals surface area (Å²) in [5.74, 6) is 0.312. The van der Waals surface area contributed by atoms with Crippen molar-refractivity contribution in [3.63, 3.8) is 0 Å². The quantitative estimate of drug-likeness (QED) is 0.837. The van der Waals surface area contributed by atoms with E-state index in [1.54, 1.807) is 19.2 Å². The summed E-state index contributed by atoms with van der Waals surface area (Å²) in [5.41, 5.74) is 8.16. The molecule has 144 valence electrons. The minimum absolute atomic E-state index is 0.0000267. The summed E-state index contributed by atoms with van der Waals surface area (Å²) >= 11 is 0. The number of hydrogen-bond donors (Lipinski definition) is 1. The molecule has 0 fully saturated rings. The van der Waals surface area contributed by atoms with Crippen molar-refractivity contribution >= 4 is 5.91 Å². The predicted octanol–water partition coefficient (Wildman–Crippen LogP) is 2.98. The summed E-state index contributed by atoms with van der Waals surface area (Å²) in [6, 6.07) is 9.33. The molecule has 8 heteroatoms. The number of amides is 1. The molecule has 0 saturated heterocycles. The number of fused-ring (bicyclic) bond motifs is 1. The first-order valence-corrected chi connectivity index (χ1v) is 8.29. The second kappa shape index (κ2) is 7.79. The van der Waals surface area contributed by atoms with Crippen molar-refractivity contribution in [1.29, 1.82) is 0 Å². The van der Waals surface area contributed by atoms with E-state index in [-0.39, 0.29) is 25.0 Å². The standard InChI is InChI=1S/C19H20F2N2O4/c1-11-3-5-12(6-4-11)17(22)18(24)23(2)9-13-7-15-16(26-10-25-15)8-14(13)27-19(20)21/h3-8,17,19H,9-10,22H2,1-2H3. The number of carbonyl (C=O) groups excluding carboxylic acids is 1. The number of halogens is 2. The van der Waals surface area contributed by atoms with Gasteiger partial charge in [-0.1, -0.05) is 29.8 Å². The van der Waals surface area contributed by atoms with Crippen LogP contribution in [0.5, 0.6) is 17.2 Å². The molecule has 3 rings (SSSR count). The monoisotopic (exact) mass is 378 g/mol. The van der Waals surface area contributed by atoms with Gasteiger partial charge in [-0.05, 0) is 18.6 Å². The van der Waals surface area contributed by atoms with Gasteiger partial charge in [0, 0.05) is 25.2 Å². The largest absolute Gasteiger partial charge is 0.454 e. The van der Waals surface area contributed by atoms with Crippen LogP contribution in [0.2, 0.25) is 0 Å². The molecule has 1 atom stereocenters. The average Bonchev–Trinajstić information content (AvgIpc) is 3.08. The molecule has 2 N–H and O–H groups in total. The maximum Gasteiger partial charge on any atom is 0.387 e. The summed E-state index contributed by atoms with van der Waals surface area (Å²) in [6.45, 7) is -1.04. The minimum Gasteiger partial charge on any atom is -0.454 e. The first-order valence-electron chi connectivity index (χ1n) is 8.29. The van der Waals surface area contributed by atoms with Crippen LogP contribution in [-0.4, -0.2) is 31.3 Å². The Hall–Kier alpha value is -2.87. The molecule has 0 radical (unpaired) electrons. The molecule has 0 spiro atoms. The fraction of sp³-hybridized carbons (Fsp3) is 0.316. The van der Waals surface area contributed by atoms with Crippen molar-refractivity contribution in [1.82, 2.24) is 4.90 Å². The molecule has 1 unspecified atom stereocenters. The summed E-state index contributed by atoms with van der Waals surface area (Å²) in [4.78, 5) is 14.0. The van der Waals surface area contributed by atoms with Crippen LogP contribution in [0.4, 0.5) is 8.78 Å². The van der Waals surface area contributed by atoms with E-state index in [2.05, 4.69) is 4.74 Å². The molecule has 2 aromatic carbocycles. The second-order valence-corrected chi connectivity index (χ2v) is 6.27. The zero-order chi connectivity index (χ0) is 19.6. The van der Waals surface area contributed by atoms with Crippen molar-refractivity contribution < 1.29 is 27.8 Å². The van der Waals surface area contributed by atoms with E-state index in [9.17, 15) is 13.6 Å². The number of hydrogen-bond acceptors (Lipinski definition) is 5. The highest BCUT2D eigenvalue weighted by atomic mass is 19.3. The Kier molecular flexibility index (Phi) is 5.46. The highest BCUT2D eigenvalue weighted by Crippen LogP contribution is 2.39. The maximum atomic E-state index is 12.7. The van der Waals surface area contributed by atoms with Gasteiger partial charge in [0.2, 0.25) is 12.7 Å². The first kappa shape index (κ1) is 18.9. The number of likely N-dealkylation sites (N-methyl/N-ethyl adjacent to an activating group) is 1. The van der Waals surface area contributed by atoms with Gasteiger partial charge < -0.3 is 24.8 Å².